The average Bonchev–Trinajstić information content (AvgIpc) is 2.91. The molecule has 1 aliphatic rings. The van der Waals surface area contributed by atoms with Crippen LogP contribution in [0.5, 0.6) is 0 Å². The van der Waals surface area contributed by atoms with Gasteiger partial charge in [-0.05, 0) is 13.0 Å². The molecule has 1 fully saturated rings. The predicted molar refractivity (Wildman–Crippen MR) is 86.2 cm³/mol. The summed E-state index contributed by atoms with van der Waals surface area (Å²) in [4.78, 5) is 35.1. The molecule has 1 saturated heterocycles. The number of nitrogens with one attached hydrogen (secondary N) is 1. The van der Waals surface area contributed by atoms with Crippen LogP contribution in [0.25, 0.3) is 0 Å². The maximum Gasteiger partial charge on any atom is 0.254 e. The van der Waals surface area contributed by atoms with E-state index < -0.39 is 0 Å². The lowest BCUT2D eigenvalue weighted by atomic mass is 10.2. The van der Waals surface area contributed by atoms with Gasteiger partial charge in [0.25, 0.3) is 5.91 Å². The maximum atomic E-state index is 12.5. The lowest BCUT2D eigenvalue weighted by molar-refractivity contribution is 0.0624. The molecule has 0 aromatic carbocycles. The molecule has 23 heavy (non-hydrogen) atoms. The zero-order chi connectivity index (χ0) is 16.4. The fourth-order valence-electron chi connectivity index (χ4n) is 2.85. The van der Waals surface area contributed by atoms with Crippen LogP contribution in [0, 0.1) is 6.92 Å². The maximum absolute atomic E-state index is 12.5. The molecule has 0 unspecified atom stereocenters. The fourth-order valence-corrected chi connectivity index (χ4v) is 2.85. The zero-order valence-corrected chi connectivity index (χ0v) is 13.5. The number of pyridine rings is 1. The number of aryl methyl sites for hydroxylation is 2. The van der Waals surface area contributed by atoms with Crippen molar-refractivity contribution in [2.45, 2.75) is 13.5 Å². The molecular weight excluding hydrogens is 294 g/mol. The Hall–Kier alpha value is -2.41. The van der Waals surface area contributed by atoms with Crippen LogP contribution in [0.4, 0.5) is 0 Å². The van der Waals surface area contributed by atoms with Crippen LogP contribution in [-0.4, -0.2) is 56.4 Å². The van der Waals surface area contributed by atoms with E-state index in [0.29, 0.717) is 24.3 Å². The molecule has 3 rings (SSSR count). The van der Waals surface area contributed by atoms with E-state index in [1.165, 1.54) is 6.07 Å². The van der Waals surface area contributed by atoms with Crippen LogP contribution in [0.3, 0.4) is 0 Å². The monoisotopic (exact) mass is 315 g/mol. The molecule has 0 saturated carbocycles. The van der Waals surface area contributed by atoms with E-state index in [-0.39, 0.29) is 11.5 Å². The number of H-pyrrole nitrogens is 1. The van der Waals surface area contributed by atoms with Gasteiger partial charge < -0.3 is 14.5 Å². The van der Waals surface area contributed by atoms with E-state index in [2.05, 4.69) is 14.9 Å². The van der Waals surface area contributed by atoms with Crippen molar-refractivity contribution in [3.05, 3.63) is 52.0 Å². The number of hydrogen-bond donors (Lipinski definition) is 1. The Labute approximate surface area is 134 Å². The van der Waals surface area contributed by atoms with Gasteiger partial charge in [-0.15, -0.1) is 0 Å². The van der Waals surface area contributed by atoms with Crippen LogP contribution in [0.15, 0.2) is 29.3 Å². The molecule has 2 aromatic heterocycles. The van der Waals surface area contributed by atoms with Crippen LogP contribution < -0.4 is 5.56 Å². The number of carbonyl (C=O) groups is 1. The zero-order valence-electron chi connectivity index (χ0n) is 13.5. The molecule has 0 bridgehead atoms. The first-order valence-electron chi connectivity index (χ1n) is 7.72. The van der Waals surface area contributed by atoms with Crippen molar-refractivity contribution in [3.8, 4) is 0 Å². The average molecular weight is 315 g/mol. The Bertz CT molecular complexity index is 756. The van der Waals surface area contributed by atoms with Crippen molar-refractivity contribution in [1.82, 2.24) is 24.3 Å². The molecule has 1 amide bonds. The quantitative estimate of drug-likeness (QED) is 0.888. The smallest absolute Gasteiger partial charge is 0.254 e. The normalized spacial score (nSPS) is 15.8. The molecule has 2 aromatic rings. The van der Waals surface area contributed by atoms with Gasteiger partial charge in [-0.1, -0.05) is 0 Å². The summed E-state index contributed by atoms with van der Waals surface area (Å²) in [6.45, 7) is 5.50. The molecule has 1 aliphatic heterocycles. The Morgan fingerprint density at radius 3 is 2.61 bits per heavy atom. The fraction of sp³-hybridized carbons (Fsp3) is 0.438. The lowest BCUT2D eigenvalue weighted by Gasteiger charge is -2.34. The molecule has 0 atom stereocenters. The summed E-state index contributed by atoms with van der Waals surface area (Å²) in [5, 5.41) is 0. The molecule has 3 heterocycles. The highest BCUT2D eigenvalue weighted by molar-refractivity contribution is 5.94. The van der Waals surface area contributed by atoms with Gasteiger partial charge in [0.15, 0.2) is 0 Å². The van der Waals surface area contributed by atoms with E-state index >= 15 is 0 Å². The number of nitrogens with zero attached hydrogens (tertiary/aromatic N) is 4. The Balaban J connectivity index is 1.61. The van der Waals surface area contributed by atoms with E-state index in [1.54, 1.807) is 19.2 Å². The molecule has 7 heteroatoms. The largest absolute Gasteiger partial charge is 0.337 e. The number of aromatic nitrogens is 3. The second kappa shape index (κ2) is 6.37. The second-order valence-electron chi connectivity index (χ2n) is 5.94. The van der Waals surface area contributed by atoms with Crippen molar-refractivity contribution in [2.75, 3.05) is 26.2 Å². The van der Waals surface area contributed by atoms with Gasteiger partial charge in [0.2, 0.25) is 5.56 Å². The first kappa shape index (κ1) is 15.5. The minimum Gasteiger partial charge on any atom is -0.337 e. The van der Waals surface area contributed by atoms with E-state index in [9.17, 15) is 9.59 Å². The predicted octanol–water partition coefficient (Wildman–Crippen LogP) is 0.375. The van der Waals surface area contributed by atoms with Gasteiger partial charge >= 0.3 is 0 Å². The SMILES string of the molecule is Cc1cc(C(=O)N2CCN(Cc3nccn3C)CC2)cc(=O)[nH]1. The van der Waals surface area contributed by atoms with Crippen molar-refractivity contribution in [1.29, 1.82) is 0 Å². The van der Waals surface area contributed by atoms with Crippen molar-refractivity contribution in [2.24, 2.45) is 7.05 Å². The van der Waals surface area contributed by atoms with Gasteiger partial charge in [-0.2, -0.15) is 0 Å². The first-order chi connectivity index (χ1) is 11.0. The summed E-state index contributed by atoms with van der Waals surface area (Å²) >= 11 is 0. The molecule has 0 radical (unpaired) electrons. The van der Waals surface area contributed by atoms with Gasteiger partial charge in [-0.25, -0.2) is 4.98 Å². The van der Waals surface area contributed by atoms with Crippen molar-refractivity contribution < 1.29 is 4.79 Å². The molecule has 1 N–H and O–H groups in total. The highest BCUT2D eigenvalue weighted by Crippen LogP contribution is 2.10. The van der Waals surface area contributed by atoms with E-state index in [0.717, 1.165) is 25.5 Å². The third-order valence-electron chi connectivity index (χ3n) is 4.17. The number of hydrogen-bond acceptors (Lipinski definition) is 4. The highest BCUT2D eigenvalue weighted by Gasteiger charge is 2.23. The van der Waals surface area contributed by atoms with E-state index in [4.69, 9.17) is 0 Å². The number of rotatable bonds is 3. The number of imidazole rings is 1. The van der Waals surface area contributed by atoms with Crippen molar-refractivity contribution in [3.63, 3.8) is 0 Å². The van der Waals surface area contributed by atoms with Crippen molar-refractivity contribution >= 4 is 5.91 Å². The molecule has 0 aliphatic carbocycles. The van der Waals surface area contributed by atoms with Gasteiger partial charge in [0.05, 0.1) is 6.54 Å². The first-order valence-corrected chi connectivity index (χ1v) is 7.72. The lowest BCUT2D eigenvalue weighted by Crippen LogP contribution is -2.48. The highest BCUT2D eigenvalue weighted by atomic mass is 16.2. The third-order valence-corrected chi connectivity index (χ3v) is 4.17. The number of amides is 1. The van der Waals surface area contributed by atoms with Crippen LogP contribution in [-0.2, 0) is 13.6 Å². The van der Waals surface area contributed by atoms with Gasteiger partial charge in [-0.3, -0.25) is 14.5 Å². The molecule has 7 nitrogen and oxygen atoms in total. The number of carbonyl (C=O) groups excluding carboxylic acids is 1. The summed E-state index contributed by atoms with van der Waals surface area (Å²) < 4.78 is 2.01. The second-order valence-corrected chi connectivity index (χ2v) is 5.94. The summed E-state index contributed by atoms with van der Waals surface area (Å²) in [5.74, 6) is 0.950. The minimum absolute atomic E-state index is 0.0733. The summed E-state index contributed by atoms with van der Waals surface area (Å²) in [6.07, 6.45) is 3.73. The Morgan fingerprint density at radius 1 is 1.26 bits per heavy atom. The Morgan fingerprint density at radius 2 is 2.00 bits per heavy atom. The van der Waals surface area contributed by atoms with Gasteiger partial charge in [0.1, 0.15) is 5.82 Å². The van der Waals surface area contributed by atoms with Crippen LogP contribution in [0.2, 0.25) is 0 Å². The molecule has 122 valence electrons. The molecule has 0 spiro atoms. The van der Waals surface area contributed by atoms with Gasteiger partial charge in [0, 0.05) is 62.9 Å². The topological polar surface area (TPSA) is 74.2 Å². The Kier molecular flexibility index (Phi) is 4.29. The summed E-state index contributed by atoms with van der Waals surface area (Å²) in [5.41, 5.74) is 0.930. The summed E-state index contributed by atoms with van der Waals surface area (Å²) in [6, 6.07) is 3.10. The van der Waals surface area contributed by atoms with E-state index in [1.807, 2.05) is 22.7 Å². The number of piperazine rings is 1. The summed E-state index contributed by atoms with van der Waals surface area (Å²) in [7, 11) is 1.98. The third kappa shape index (κ3) is 3.50. The van der Waals surface area contributed by atoms with Crippen LogP contribution >= 0.6 is 0 Å². The van der Waals surface area contributed by atoms with Crippen LogP contribution in [0.1, 0.15) is 21.9 Å². The standard InChI is InChI=1S/C16H21N5O2/c1-12-9-13(10-15(22)18-12)16(23)21-7-5-20(6-8-21)11-14-17-3-4-19(14)2/h3-4,9-10H,5-8,11H2,1-2H3,(H,18,22). The minimum atomic E-state index is -0.234. The number of aromatic amines is 1. The molecular formula is C16H21N5O2.